The molecule has 0 aromatic heterocycles. The molecule has 2 fully saturated rings. The summed E-state index contributed by atoms with van der Waals surface area (Å²) in [6.45, 7) is 8.02. The minimum atomic E-state index is 0.252. The molecule has 3 atom stereocenters. The maximum Gasteiger partial charge on any atom is 0.0301 e. The van der Waals surface area contributed by atoms with Crippen LogP contribution in [0.15, 0.2) is 0 Å². The average Bonchev–Trinajstić information content (AvgIpc) is 2.37. The standard InChI is InChI=1S/C14H28N2/c1-3-14(2,11-15)16-9-8-12-6-4-5-7-13(12)10-16/h12-13H,3-11,15H2,1-2H3. The van der Waals surface area contributed by atoms with Crippen LogP contribution in [0.5, 0.6) is 0 Å². The lowest BCUT2D eigenvalue weighted by Crippen LogP contribution is -2.56. The van der Waals surface area contributed by atoms with Crippen molar-refractivity contribution >= 4 is 0 Å². The van der Waals surface area contributed by atoms with Gasteiger partial charge in [-0.1, -0.05) is 26.2 Å². The molecule has 2 rings (SSSR count). The minimum Gasteiger partial charge on any atom is -0.329 e. The summed E-state index contributed by atoms with van der Waals surface area (Å²) in [5.74, 6) is 2.00. The van der Waals surface area contributed by atoms with E-state index in [9.17, 15) is 0 Å². The van der Waals surface area contributed by atoms with Crippen LogP contribution in [0.4, 0.5) is 0 Å². The molecule has 16 heavy (non-hydrogen) atoms. The van der Waals surface area contributed by atoms with Crippen LogP contribution in [-0.4, -0.2) is 30.1 Å². The lowest BCUT2D eigenvalue weighted by Gasteiger charge is -2.48. The molecule has 1 heterocycles. The van der Waals surface area contributed by atoms with Crippen LogP contribution >= 0.6 is 0 Å². The highest BCUT2D eigenvalue weighted by Gasteiger charge is 2.37. The van der Waals surface area contributed by atoms with Gasteiger partial charge in [-0.25, -0.2) is 0 Å². The quantitative estimate of drug-likeness (QED) is 0.798. The number of nitrogens with two attached hydrogens (primary N) is 1. The molecule has 1 aliphatic heterocycles. The fourth-order valence-corrected chi connectivity index (χ4v) is 3.59. The number of likely N-dealkylation sites (tertiary alicyclic amines) is 1. The Morgan fingerprint density at radius 1 is 1.19 bits per heavy atom. The van der Waals surface area contributed by atoms with Crippen molar-refractivity contribution in [3.8, 4) is 0 Å². The Morgan fingerprint density at radius 2 is 1.88 bits per heavy atom. The number of rotatable bonds is 3. The van der Waals surface area contributed by atoms with Gasteiger partial charge in [-0.05, 0) is 44.6 Å². The Morgan fingerprint density at radius 3 is 2.50 bits per heavy atom. The van der Waals surface area contributed by atoms with E-state index in [-0.39, 0.29) is 5.54 Å². The van der Waals surface area contributed by atoms with Crippen LogP contribution in [0.1, 0.15) is 52.4 Å². The zero-order chi connectivity index (χ0) is 11.6. The van der Waals surface area contributed by atoms with E-state index in [1.165, 1.54) is 51.6 Å². The van der Waals surface area contributed by atoms with Gasteiger partial charge in [-0.3, -0.25) is 4.90 Å². The van der Waals surface area contributed by atoms with Crippen molar-refractivity contribution in [1.29, 1.82) is 0 Å². The van der Waals surface area contributed by atoms with Gasteiger partial charge in [-0.15, -0.1) is 0 Å². The van der Waals surface area contributed by atoms with Gasteiger partial charge in [0.25, 0.3) is 0 Å². The van der Waals surface area contributed by atoms with E-state index in [1.807, 2.05) is 0 Å². The first kappa shape index (κ1) is 12.4. The molecule has 0 spiro atoms. The average molecular weight is 224 g/mol. The second kappa shape index (κ2) is 5.05. The van der Waals surface area contributed by atoms with E-state index in [1.54, 1.807) is 0 Å². The van der Waals surface area contributed by atoms with Crippen molar-refractivity contribution < 1.29 is 0 Å². The summed E-state index contributed by atoms with van der Waals surface area (Å²) >= 11 is 0. The van der Waals surface area contributed by atoms with Crippen LogP contribution in [0, 0.1) is 11.8 Å². The Bertz CT molecular complexity index is 223. The third-order valence-electron chi connectivity index (χ3n) is 5.26. The molecule has 2 nitrogen and oxygen atoms in total. The highest BCUT2D eigenvalue weighted by atomic mass is 15.2. The van der Waals surface area contributed by atoms with Gasteiger partial charge < -0.3 is 5.73 Å². The van der Waals surface area contributed by atoms with Gasteiger partial charge in [0.2, 0.25) is 0 Å². The van der Waals surface area contributed by atoms with Gasteiger partial charge in [0.05, 0.1) is 0 Å². The van der Waals surface area contributed by atoms with Crippen LogP contribution < -0.4 is 5.73 Å². The summed E-state index contributed by atoms with van der Waals surface area (Å²) in [7, 11) is 0. The summed E-state index contributed by atoms with van der Waals surface area (Å²) in [5, 5.41) is 0. The molecule has 0 radical (unpaired) electrons. The Balaban J connectivity index is 1.98. The van der Waals surface area contributed by atoms with E-state index in [4.69, 9.17) is 5.73 Å². The molecular weight excluding hydrogens is 196 g/mol. The number of fused-ring (bicyclic) bond motifs is 1. The molecule has 2 N–H and O–H groups in total. The van der Waals surface area contributed by atoms with E-state index in [0.29, 0.717) is 0 Å². The number of nitrogens with zero attached hydrogens (tertiary/aromatic N) is 1. The molecule has 0 aromatic rings. The zero-order valence-electron chi connectivity index (χ0n) is 11.0. The summed E-state index contributed by atoms with van der Waals surface area (Å²) in [5.41, 5.74) is 6.23. The molecule has 0 aromatic carbocycles. The molecular formula is C14H28N2. The monoisotopic (exact) mass is 224 g/mol. The minimum absolute atomic E-state index is 0.252. The van der Waals surface area contributed by atoms with E-state index < -0.39 is 0 Å². The normalized spacial score (nSPS) is 35.4. The second-order valence-electron chi connectivity index (χ2n) is 6.09. The van der Waals surface area contributed by atoms with Gasteiger partial charge in [0.1, 0.15) is 0 Å². The molecule has 2 aliphatic rings. The number of hydrogen-bond donors (Lipinski definition) is 1. The largest absolute Gasteiger partial charge is 0.329 e. The van der Waals surface area contributed by atoms with Crippen molar-refractivity contribution in [3.63, 3.8) is 0 Å². The SMILES string of the molecule is CCC(C)(CN)N1CCC2CCCCC2C1. The topological polar surface area (TPSA) is 29.3 Å². The first-order chi connectivity index (χ1) is 7.69. The van der Waals surface area contributed by atoms with Gasteiger partial charge in [0.15, 0.2) is 0 Å². The molecule has 1 aliphatic carbocycles. The van der Waals surface area contributed by atoms with Crippen molar-refractivity contribution in [2.24, 2.45) is 17.6 Å². The van der Waals surface area contributed by atoms with Crippen molar-refractivity contribution in [1.82, 2.24) is 4.90 Å². The molecule has 2 heteroatoms. The van der Waals surface area contributed by atoms with Gasteiger partial charge in [-0.2, -0.15) is 0 Å². The zero-order valence-corrected chi connectivity index (χ0v) is 11.0. The molecule has 1 saturated carbocycles. The molecule has 1 saturated heterocycles. The number of piperidine rings is 1. The van der Waals surface area contributed by atoms with Crippen LogP contribution in [0.3, 0.4) is 0 Å². The first-order valence-corrected chi connectivity index (χ1v) is 7.14. The number of hydrogen-bond acceptors (Lipinski definition) is 2. The fourth-order valence-electron chi connectivity index (χ4n) is 3.59. The second-order valence-corrected chi connectivity index (χ2v) is 6.09. The van der Waals surface area contributed by atoms with Gasteiger partial charge >= 0.3 is 0 Å². The summed E-state index contributed by atoms with van der Waals surface area (Å²) in [6.07, 6.45) is 8.49. The van der Waals surface area contributed by atoms with Crippen molar-refractivity contribution in [2.75, 3.05) is 19.6 Å². The Hall–Kier alpha value is -0.0800. The first-order valence-electron chi connectivity index (χ1n) is 7.14. The Labute approximate surface area is 101 Å². The smallest absolute Gasteiger partial charge is 0.0301 e. The van der Waals surface area contributed by atoms with Gasteiger partial charge in [0, 0.05) is 18.6 Å². The van der Waals surface area contributed by atoms with Crippen LogP contribution in [-0.2, 0) is 0 Å². The van der Waals surface area contributed by atoms with E-state index in [0.717, 1.165) is 18.4 Å². The van der Waals surface area contributed by atoms with Crippen LogP contribution in [0.2, 0.25) is 0 Å². The summed E-state index contributed by atoms with van der Waals surface area (Å²) in [6, 6.07) is 0. The molecule has 0 bridgehead atoms. The lowest BCUT2D eigenvalue weighted by molar-refractivity contribution is 0.0140. The maximum atomic E-state index is 5.97. The van der Waals surface area contributed by atoms with Crippen LogP contribution in [0.25, 0.3) is 0 Å². The third kappa shape index (κ3) is 2.28. The Kier molecular flexibility index (Phi) is 3.91. The molecule has 94 valence electrons. The lowest BCUT2D eigenvalue weighted by atomic mass is 9.74. The summed E-state index contributed by atoms with van der Waals surface area (Å²) < 4.78 is 0. The predicted molar refractivity (Wildman–Crippen MR) is 69.4 cm³/mol. The fraction of sp³-hybridized carbons (Fsp3) is 1.00. The van der Waals surface area contributed by atoms with Crippen molar-refractivity contribution in [3.05, 3.63) is 0 Å². The van der Waals surface area contributed by atoms with E-state index in [2.05, 4.69) is 18.7 Å². The van der Waals surface area contributed by atoms with E-state index >= 15 is 0 Å². The third-order valence-corrected chi connectivity index (χ3v) is 5.26. The molecule has 0 amide bonds. The van der Waals surface area contributed by atoms with Crippen molar-refractivity contribution in [2.45, 2.75) is 57.9 Å². The predicted octanol–water partition coefficient (Wildman–Crippen LogP) is 2.63. The highest BCUT2D eigenvalue weighted by molar-refractivity contribution is 4.92. The highest BCUT2D eigenvalue weighted by Crippen LogP contribution is 2.38. The summed E-state index contributed by atoms with van der Waals surface area (Å²) in [4.78, 5) is 2.68. The molecule has 3 unspecified atom stereocenters. The maximum absolute atomic E-state index is 5.97.